The molecule has 0 aliphatic heterocycles. The van der Waals surface area contributed by atoms with Crippen molar-refractivity contribution < 1.29 is 20.1 Å². The molecule has 5 heteroatoms. The second kappa shape index (κ2) is 15.4. The van der Waals surface area contributed by atoms with Crippen molar-refractivity contribution in [2.45, 2.75) is 58.7 Å². The number of pyridine rings is 2. The number of nitrogens with zero attached hydrogens (tertiary/aromatic N) is 3. The SMILES string of the molecule is C[Si](C)(C)c1cnc(-c2[c-]cccc2)cc1CC1CCCC1.Cc1cnc(-c2[c-]cccc2)cc1-c1ccc(C#N)cc1.[Ir]. The zero-order valence-corrected chi connectivity index (χ0v) is 29.4. The summed E-state index contributed by atoms with van der Waals surface area (Å²) in [5, 5.41) is 10.4. The molecular weight excluding hydrogens is 731 g/mol. The largest absolute Gasteiger partial charge is 0.305 e. The fourth-order valence-electron chi connectivity index (χ4n) is 5.83. The second-order valence-corrected chi connectivity index (χ2v) is 17.5. The molecule has 1 fully saturated rings. The van der Waals surface area contributed by atoms with Crippen LogP contribution in [0.5, 0.6) is 0 Å². The van der Waals surface area contributed by atoms with Crippen LogP contribution in [0, 0.1) is 36.3 Å². The summed E-state index contributed by atoms with van der Waals surface area (Å²) in [6, 6.07) is 36.7. The molecule has 1 aliphatic rings. The molecule has 5 aromatic rings. The van der Waals surface area contributed by atoms with Gasteiger partial charge in [0.05, 0.1) is 19.7 Å². The van der Waals surface area contributed by atoms with Crippen LogP contribution in [0.1, 0.15) is 42.4 Å². The molecule has 0 unspecified atom stereocenters. The average molecular weight is 770 g/mol. The smallest absolute Gasteiger partial charge is 0.0991 e. The molecule has 0 amide bonds. The zero-order chi connectivity index (χ0) is 30.2. The summed E-state index contributed by atoms with van der Waals surface area (Å²) in [6.45, 7) is 9.32. The molecule has 0 N–H and O–H groups in total. The molecule has 1 radical (unpaired) electrons. The minimum Gasteiger partial charge on any atom is -0.305 e. The van der Waals surface area contributed by atoms with E-state index in [1.165, 1.54) is 32.1 Å². The number of nitriles is 1. The van der Waals surface area contributed by atoms with E-state index in [1.54, 1.807) is 10.8 Å². The fourth-order valence-corrected chi connectivity index (χ4v) is 7.42. The van der Waals surface area contributed by atoms with E-state index in [0.29, 0.717) is 5.56 Å². The van der Waals surface area contributed by atoms with Gasteiger partial charge in [0.25, 0.3) is 0 Å². The molecule has 225 valence electrons. The second-order valence-electron chi connectivity index (χ2n) is 12.5. The number of hydrogen-bond acceptors (Lipinski definition) is 3. The zero-order valence-electron chi connectivity index (χ0n) is 26.0. The Morgan fingerprint density at radius 2 is 1.41 bits per heavy atom. The van der Waals surface area contributed by atoms with Crippen LogP contribution in [0.15, 0.2) is 97.3 Å². The van der Waals surface area contributed by atoms with Gasteiger partial charge in [0.1, 0.15) is 0 Å². The molecule has 0 spiro atoms. The van der Waals surface area contributed by atoms with Gasteiger partial charge in [0, 0.05) is 32.5 Å². The quantitative estimate of drug-likeness (QED) is 0.128. The molecule has 1 aliphatic carbocycles. The van der Waals surface area contributed by atoms with Crippen molar-refractivity contribution in [2.24, 2.45) is 5.92 Å². The molecular formula is C39H39IrN3Si-2. The topological polar surface area (TPSA) is 49.6 Å². The van der Waals surface area contributed by atoms with Gasteiger partial charge in [-0.15, -0.1) is 71.8 Å². The molecule has 44 heavy (non-hydrogen) atoms. The van der Waals surface area contributed by atoms with Crippen LogP contribution >= 0.6 is 0 Å². The Morgan fingerprint density at radius 1 is 0.818 bits per heavy atom. The Labute approximate surface area is 277 Å². The van der Waals surface area contributed by atoms with Gasteiger partial charge in [-0.2, -0.15) is 5.26 Å². The van der Waals surface area contributed by atoms with Gasteiger partial charge < -0.3 is 9.97 Å². The van der Waals surface area contributed by atoms with Crippen LogP contribution < -0.4 is 5.19 Å². The van der Waals surface area contributed by atoms with Crippen molar-refractivity contribution in [3.63, 3.8) is 0 Å². The third-order valence-electron chi connectivity index (χ3n) is 8.18. The van der Waals surface area contributed by atoms with E-state index in [2.05, 4.69) is 73.3 Å². The van der Waals surface area contributed by atoms with Crippen molar-refractivity contribution >= 4 is 13.3 Å². The van der Waals surface area contributed by atoms with E-state index in [1.807, 2.05) is 73.8 Å². The van der Waals surface area contributed by atoms with Gasteiger partial charge in [-0.3, -0.25) is 0 Å². The minimum atomic E-state index is -1.35. The van der Waals surface area contributed by atoms with Crippen molar-refractivity contribution in [3.8, 4) is 39.7 Å². The van der Waals surface area contributed by atoms with Crippen LogP contribution in [-0.4, -0.2) is 18.0 Å². The first kappa shape index (κ1) is 33.2. The average Bonchev–Trinajstić information content (AvgIpc) is 3.55. The molecule has 0 bridgehead atoms. The summed E-state index contributed by atoms with van der Waals surface area (Å²) in [7, 11) is -1.35. The van der Waals surface area contributed by atoms with Crippen molar-refractivity contribution in [1.29, 1.82) is 5.26 Å². The van der Waals surface area contributed by atoms with Gasteiger partial charge in [-0.05, 0) is 64.7 Å². The fraction of sp³-hybridized carbons (Fsp3) is 0.256. The molecule has 0 saturated heterocycles. The Kier molecular flexibility index (Phi) is 11.6. The first-order chi connectivity index (χ1) is 20.8. The predicted molar refractivity (Wildman–Crippen MR) is 181 cm³/mol. The summed E-state index contributed by atoms with van der Waals surface area (Å²) >= 11 is 0. The van der Waals surface area contributed by atoms with Gasteiger partial charge in [0.15, 0.2) is 0 Å². The predicted octanol–water partition coefficient (Wildman–Crippen LogP) is 9.22. The standard InChI is InChI=1S/C20H26NSi.C19H13N2.Ir/c1-22(2,3)20-15-21-19(17-11-5-4-6-12-17)14-18(20)13-16-9-7-8-10-16;1-14-13-21-19(17-5-3-2-4-6-17)11-18(14)16-9-7-15(12-20)8-10-16;/h4-6,11,14-16H,7-10,13H2,1-3H3;2-5,7-11,13H,1H3;/q2*-1;. The van der Waals surface area contributed by atoms with Crippen molar-refractivity contribution in [1.82, 2.24) is 9.97 Å². The first-order valence-electron chi connectivity index (χ1n) is 15.2. The van der Waals surface area contributed by atoms with Gasteiger partial charge in [0.2, 0.25) is 0 Å². The Morgan fingerprint density at radius 3 is 1.95 bits per heavy atom. The summed E-state index contributed by atoms with van der Waals surface area (Å²) in [5.74, 6) is 0.880. The van der Waals surface area contributed by atoms with Crippen molar-refractivity contribution in [3.05, 3.63) is 126 Å². The number of benzene rings is 3. The Balaban J connectivity index is 0.000000197. The van der Waals surface area contributed by atoms with E-state index < -0.39 is 8.07 Å². The van der Waals surface area contributed by atoms with Gasteiger partial charge in [-0.1, -0.05) is 75.2 Å². The van der Waals surface area contributed by atoms with E-state index >= 15 is 0 Å². The van der Waals surface area contributed by atoms with Crippen LogP contribution in [0.4, 0.5) is 0 Å². The van der Waals surface area contributed by atoms with E-state index in [-0.39, 0.29) is 20.1 Å². The third-order valence-corrected chi connectivity index (χ3v) is 10.2. The molecule has 0 atom stereocenters. The van der Waals surface area contributed by atoms with E-state index in [9.17, 15) is 0 Å². The van der Waals surface area contributed by atoms with Crippen LogP contribution in [0.25, 0.3) is 33.6 Å². The third kappa shape index (κ3) is 8.48. The van der Waals surface area contributed by atoms with E-state index in [0.717, 1.165) is 45.1 Å². The minimum absolute atomic E-state index is 0. The molecule has 2 aromatic heterocycles. The molecule has 2 heterocycles. The summed E-state index contributed by atoms with van der Waals surface area (Å²) in [6.07, 6.45) is 10.9. The molecule has 6 rings (SSSR count). The maximum Gasteiger partial charge on any atom is 0.0991 e. The summed E-state index contributed by atoms with van der Waals surface area (Å²) in [4.78, 5) is 9.24. The van der Waals surface area contributed by atoms with Crippen LogP contribution in [0.2, 0.25) is 19.6 Å². The number of hydrogen-bond donors (Lipinski definition) is 0. The first-order valence-corrected chi connectivity index (χ1v) is 18.7. The molecule has 3 aromatic carbocycles. The van der Waals surface area contributed by atoms with E-state index in [4.69, 9.17) is 10.2 Å². The maximum atomic E-state index is 8.88. The maximum absolute atomic E-state index is 8.88. The summed E-state index contributed by atoms with van der Waals surface area (Å²) in [5.41, 5.74) is 9.61. The van der Waals surface area contributed by atoms with Crippen LogP contribution in [-0.2, 0) is 26.5 Å². The number of aryl methyl sites for hydroxylation is 1. The van der Waals surface area contributed by atoms with Crippen LogP contribution in [0.3, 0.4) is 0 Å². The summed E-state index contributed by atoms with van der Waals surface area (Å²) < 4.78 is 0. The molecule has 1 saturated carbocycles. The Hall–Kier alpha value is -3.68. The Bertz CT molecular complexity index is 1680. The number of rotatable bonds is 6. The van der Waals surface area contributed by atoms with Gasteiger partial charge in [-0.25, -0.2) is 0 Å². The number of aromatic nitrogens is 2. The monoisotopic (exact) mass is 770 g/mol. The normalized spacial score (nSPS) is 12.9. The van der Waals surface area contributed by atoms with Crippen molar-refractivity contribution in [2.75, 3.05) is 0 Å². The molecule has 3 nitrogen and oxygen atoms in total. The van der Waals surface area contributed by atoms with Gasteiger partial charge >= 0.3 is 0 Å².